The Labute approximate surface area is 90.9 Å². The van der Waals surface area contributed by atoms with Crippen molar-refractivity contribution in [1.82, 2.24) is 4.90 Å². The van der Waals surface area contributed by atoms with E-state index in [4.69, 9.17) is 0 Å². The van der Waals surface area contributed by atoms with Crippen molar-refractivity contribution in [2.45, 2.75) is 85.4 Å². The van der Waals surface area contributed by atoms with E-state index in [9.17, 15) is 0 Å². The molecule has 0 radical (unpaired) electrons. The quantitative estimate of drug-likeness (QED) is 0.648. The van der Waals surface area contributed by atoms with Crippen LogP contribution in [0.3, 0.4) is 0 Å². The molecule has 0 unspecified atom stereocenters. The minimum Gasteiger partial charge on any atom is -0.289 e. The second-order valence-corrected chi connectivity index (χ2v) is 6.84. The Morgan fingerprint density at radius 3 is 1.07 bits per heavy atom. The highest BCUT2D eigenvalue weighted by atomic mass is 15.3. The van der Waals surface area contributed by atoms with Crippen LogP contribution in [0.5, 0.6) is 0 Å². The molecule has 0 fully saturated rings. The first-order chi connectivity index (χ1) is 5.93. The van der Waals surface area contributed by atoms with Crippen molar-refractivity contribution < 1.29 is 0 Å². The summed E-state index contributed by atoms with van der Waals surface area (Å²) in [6.07, 6.45) is 1.18. The fourth-order valence-corrected chi connectivity index (χ4v) is 2.98. The summed E-state index contributed by atoms with van der Waals surface area (Å²) in [5.41, 5.74) is 0.700. The topological polar surface area (TPSA) is 3.24 Å². The monoisotopic (exact) mass is 199 g/mol. The van der Waals surface area contributed by atoms with Crippen LogP contribution in [-0.2, 0) is 0 Å². The van der Waals surface area contributed by atoms with Crippen LogP contribution in [0.2, 0.25) is 0 Å². The molecule has 0 aromatic heterocycles. The van der Waals surface area contributed by atoms with Crippen LogP contribution in [0, 0.1) is 0 Å². The van der Waals surface area contributed by atoms with Gasteiger partial charge in [0, 0.05) is 16.6 Å². The molecule has 0 aliphatic heterocycles. The van der Waals surface area contributed by atoms with Gasteiger partial charge in [-0.2, -0.15) is 0 Å². The third kappa shape index (κ3) is 3.27. The highest BCUT2D eigenvalue weighted by molar-refractivity contribution is 4.96. The molecular formula is C13H29N. The van der Waals surface area contributed by atoms with Gasteiger partial charge in [-0.25, -0.2) is 0 Å². The molecule has 0 saturated carbocycles. The molecule has 0 bridgehead atoms. The molecule has 0 aliphatic carbocycles. The van der Waals surface area contributed by atoms with Gasteiger partial charge < -0.3 is 0 Å². The average molecular weight is 199 g/mol. The van der Waals surface area contributed by atoms with Crippen molar-refractivity contribution in [2.75, 3.05) is 0 Å². The van der Waals surface area contributed by atoms with Crippen molar-refractivity contribution in [3.05, 3.63) is 0 Å². The summed E-state index contributed by atoms with van der Waals surface area (Å²) >= 11 is 0. The molecule has 0 atom stereocenters. The number of hydrogen-bond acceptors (Lipinski definition) is 1. The van der Waals surface area contributed by atoms with E-state index in [0.717, 1.165) is 0 Å². The Morgan fingerprint density at radius 1 is 0.714 bits per heavy atom. The zero-order chi connectivity index (χ0) is 11.8. The Balaban J connectivity index is 5.14. The molecule has 0 spiro atoms. The van der Waals surface area contributed by atoms with Gasteiger partial charge >= 0.3 is 0 Å². The van der Waals surface area contributed by atoms with Gasteiger partial charge in [-0.15, -0.1) is 0 Å². The molecule has 0 N–H and O–H groups in total. The van der Waals surface area contributed by atoms with E-state index < -0.39 is 0 Å². The molecule has 0 rings (SSSR count). The van der Waals surface area contributed by atoms with Gasteiger partial charge in [0.1, 0.15) is 0 Å². The van der Waals surface area contributed by atoms with Crippen molar-refractivity contribution in [2.24, 2.45) is 0 Å². The largest absolute Gasteiger partial charge is 0.289 e. The third-order valence-electron chi connectivity index (χ3n) is 2.81. The lowest BCUT2D eigenvalue weighted by Crippen LogP contribution is -2.61. The zero-order valence-electron chi connectivity index (χ0n) is 11.7. The number of hydrogen-bond donors (Lipinski definition) is 0. The molecule has 0 aliphatic rings. The summed E-state index contributed by atoms with van der Waals surface area (Å²) in [5.74, 6) is 0. The fraction of sp³-hybridized carbons (Fsp3) is 1.00. The van der Waals surface area contributed by atoms with Crippen LogP contribution in [0.15, 0.2) is 0 Å². The predicted octanol–water partition coefficient (Wildman–Crippen LogP) is 4.07. The van der Waals surface area contributed by atoms with Crippen LogP contribution in [0.4, 0.5) is 0 Å². The van der Waals surface area contributed by atoms with Gasteiger partial charge in [0.15, 0.2) is 0 Å². The second-order valence-electron chi connectivity index (χ2n) is 6.84. The van der Waals surface area contributed by atoms with Crippen LogP contribution in [0.25, 0.3) is 0 Å². The summed E-state index contributed by atoms with van der Waals surface area (Å²) in [5, 5.41) is 0. The highest BCUT2D eigenvalue weighted by Crippen LogP contribution is 2.34. The van der Waals surface area contributed by atoms with Crippen LogP contribution < -0.4 is 0 Å². The average Bonchev–Trinajstić information content (AvgIpc) is 1.79. The molecule has 0 aromatic carbocycles. The maximum Gasteiger partial charge on any atom is 0.0161 e. The maximum atomic E-state index is 2.62. The molecule has 14 heavy (non-hydrogen) atoms. The molecule has 0 saturated heterocycles. The van der Waals surface area contributed by atoms with Crippen molar-refractivity contribution in [3.63, 3.8) is 0 Å². The van der Waals surface area contributed by atoms with Crippen molar-refractivity contribution >= 4 is 0 Å². The van der Waals surface area contributed by atoms with Gasteiger partial charge in [0.2, 0.25) is 0 Å². The van der Waals surface area contributed by atoms with Crippen LogP contribution in [-0.4, -0.2) is 21.5 Å². The van der Waals surface area contributed by atoms with Gasteiger partial charge in [0.05, 0.1) is 0 Å². The van der Waals surface area contributed by atoms with Gasteiger partial charge in [-0.1, -0.05) is 6.92 Å². The Bertz CT molecular complexity index is 164. The second kappa shape index (κ2) is 3.84. The van der Waals surface area contributed by atoms with E-state index in [1.54, 1.807) is 0 Å². The molecule has 86 valence electrons. The lowest BCUT2D eigenvalue weighted by molar-refractivity contribution is -0.0509. The molecule has 0 heterocycles. The van der Waals surface area contributed by atoms with E-state index in [-0.39, 0.29) is 16.6 Å². The van der Waals surface area contributed by atoms with E-state index in [2.05, 4.69) is 67.2 Å². The summed E-state index contributed by atoms with van der Waals surface area (Å²) < 4.78 is 0. The van der Waals surface area contributed by atoms with Crippen molar-refractivity contribution in [1.29, 1.82) is 0 Å². The van der Waals surface area contributed by atoms with Crippen LogP contribution in [0.1, 0.15) is 68.7 Å². The summed E-state index contributed by atoms with van der Waals surface area (Å²) in [4.78, 5) is 2.62. The van der Waals surface area contributed by atoms with Gasteiger partial charge in [-0.05, 0) is 61.8 Å². The molecule has 0 aromatic rings. The summed E-state index contributed by atoms with van der Waals surface area (Å²) in [7, 11) is 0. The molecule has 0 amide bonds. The maximum absolute atomic E-state index is 2.62. The fourth-order valence-electron chi connectivity index (χ4n) is 2.98. The lowest BCUT2D eigenvalue weighted by atomic mass is 9.85. The molecule has 1 nitrogen and oxygen atoms in total. The van der Waals surface area contributed by atoms with Gasteiger partial charge in [-0.3, -0.25) is 4.90 Å². The first kappa shape index (κ1) is 14.0. The first-order valence-corrected chi connectivity index (χ1v) is 5.73. The minimum absolute atomic E-state index is 0.220. The lowest BCUT2D eigenvalue weighted by Gasteiger charge is -2.54. The van der Waals surface area contributed by atoms with Crippen LogP contribution >= 0.6 is 0 Å². The summed E-state index contributed by atoms with van der Waals surface area (Å²) in [6, 6.07) is 0. The Kier molecular flexibility index (Phi) is 3.83. The van der Waals surface area contributed by atoms with Gasteiger partial charge in [0.25, 0.3) is 0 Å². The predicted molar refractivity (Wildman–Crippen MR) is 65.7 cm³/mol. The standard InChI is InChI=1S/C13H29N/c1-10-13(8,9)14(11(2,3)4)12(5,6)7/h10H2,1-9H3. The third-order valence-corrected chi connectivity index (χ3v) is 2.81. The van der Waals surface area contributed by atoms with E-state index in [1.807, 2.05) is 0 Å². The zero-order valence-corrected chi connectivity index (χ0v) is 11.7. The van der Waals surface area contributed by atoms with E-state index >= 15 is 0 Å². The summed E-state index contributed by atoms with van der Waals surface area (Å²) in [6.45, 7) is 20.7. The Morgan fingerprint density at radius 2 is 1.00 bits per heavy atom. The Hall–Kier alpha value is -0.0400. The smallest absolute Gasteiger partial charge is 0.0161 e. The molecular weight excluding hydrogens is 170 g/mol. The first-order valence-electron chi connectivity index (χ1n) is 5.73. The number of nitrogens with zero attached hydrogens (tertiary/aromatic N) is 1. The normalized spacial score (nSPS) is 15.0. The highest BCUT2D eigenvalue weighted by Gasteiger charge is 2.40. The molecule has 1 heteroatoms. The van der Waals surface area contributed by atoms with Crippen molar-refractivity contribution in [3.8, 4) is 0 Å². The van der Waals surface area contributed by atoms with E-state index in [1.165, 1.54) is 6.42 Å². The van der Waals surface area contributed by atoms with E-state index in [0.29, 0.717) is 0 Å². The SMILES string of the molecule is CCC(C)(C)N(C(C)(C)C)C(C)(C)C. The number of rotatable bonds is 2. The minimum atomic E-state index is 0.220.